The van der Waals surface area contributed by atoms with Crippen LogP contribution in [0.4, 0.5) is 0 Å². The first-order chi connectivity index (χ1) is 7.79. The standard InChI is InChI=1S/C11H13N3OS/c1-8(16-11-12-7-13-14-11)9-4-3-5-10(6-9)15-2/h3-8H,1-2H3,(H,12,13,14)/t8-/m1/s1. The van der Waals surface area contributed by atoms with Crippen LogP contribution in [0.15, 0.2) is 35.7 Å². The van der Waals surface area contributed by atoms with Crippen LogP contribution in [0, 0.1) is 0 Å². The summed E-state index contributed by atoms with van der Waals surface area (Å²) in [4.78, 5) is 4.09. The number of rotatable bonds is 4. The van der Waals surface area contributed by atoms with Crippen LogP contribution in [0.1, 0.15) is 17.7 Å². The number of ether oxygens (including phenoxy) is 1. The number of aromatic amines is 1. The number of H-pyrrole nitrogens is 1. The molecule has 1 atom stereocenters. The molecule has 1 heterocycles. The van der Waals surface area contributed by atoms with E-state index in [1.807, 2.05) is 18.2 Å². The molecule has 0 radical (unpaired) electrons. The lowest BCUT2D eigenvalue weighted by molar-refractivity contribution is 0.414. The molecule has 0 amide bonds. The van der Waals surface area contributed by atoms with E-state index in [9.17, 15) is 0 Å². The Labute approximate surface area is 98.4 Å². The number of nitrogens with one attached hydrogen (secondary N) is 1. The number of hydrogen-bond donors (Lipinski definition) is 1. The molecule has 0 saturated heterocycles. The third-order valence-electron chi connectivity index (χ3n) is 2.24. The van der Waals surface area contributed by atoms with Gasteiger partial charge in [-0.25, -0.2) is 4.98 Å². The van der Waals surface area contributed by atoms with Crippen LogP contribution in [0.2, 0.25) is 0 Å². The fourth-order valence-electron chi connectivity index (χ4n) is 1.38. The molecule has 1 aromatic carbocycles. The zero-order valence-electron chi connectivity index (χ0n) is 9.18. The minimum atomic E-state index is 0.308. The molecule has 0 fully saturated rings. The fraction of sp³-hybridized carbons (Fsp3) is 0.273. The number of hydrogen-bond acceptors (Lipinski definition) is 4. The second-order valence-electron chi connectivity index (χ2n) is 3.33. The molecule has 2 rings (SSSR count). The SMILES string of the molecule is COc1cccc([C@@H](C)Sc2ncn[nH]2)c1. The van der Waals surface area contributed by atoms with Gasteiger partial charge in [0.1, 0.15) is 12.1 Å². The first-order valence-corrected chi connectivity index (χ1v) is 5.83. The molecule has 0 saturated carbocycles. The zero-order chi connectivity index (χ0) is 11.4. The van der Waals surface area contributed by atoms with E-state index < -0.39 is 0 Å². The van der Waals surface area contributed by atoms with E-state index in [0.29, 0.717) is 5.25 Å². The molecule has 84 valence electrons. The van der Waals surface area contributed by atoms with Crippen LogP contribution >= 0.6 is 11.8 Å². The Balaban J connectivity index is 2.11. The number of thioether (sulfide) groups is 1. The van der Waals surface area contributed by atoms with Crippen molar-refractivity contribution in [1.29, 1.82) is 0 Å². The summed E-state index contributed by atoms with van der Waals surface area (Å²) in [5, 5.41) is 7.80. The van der Waals surface area contributed by atoms with Gasteiger partial charge in [0.15, 0.2) is 5.16 Å². The summed E-state index contributed by atoms with van der Waals surface area (Å²) in [5.74, 6) is 0.877. The average molecular weight is 235 g/mol. The van der Waals surface area contributed by atoms with Gasteiger partial charge in [0, 0.05) is 5.25 Å². The minimum Gasteiger partial charge on any atom is -0.497 e. The maximum atomic E-state index is 5.20. The summed E-state index contributed by atoms with van der Waals surface area (Å²) in [7, 11) is 1.67. The Morgan fingerprint density at radius 1 is 1.44 bits per heavy atom. The van der Waals surface area contributed by atoms with Gasteiger partial charge >= 0.3 is 0 Å². The Morgan fingerprint density at radius 3 is 3.00 bits per heavy atom. The predicted octanol–water partition coefficient (Wildman–Crippen LogP) is 2.67. The van der Waals surface area contributed by atoms with Crippen molar-refractivity contribution in [1.82, 2.24) is 15.2 Å². The zero-order valence-corrected chi connectivity index (χ0v) is 9.99. The Hall–Kier alpha value is -1.49. The molecule has 0 aliphatic rings. The summed E-state index contributed by atoms with van der Waals surface area (Å²) >= 11 is 1.64. The van der Waals surface area contributed by atoms with Crippen molar-refractivity contribution in [3.63, 3.8) is 0 Å². The first-order valence-electron chi connectivity index (χ1n) is 4.95. The summed E-state index contributed by atoms with van der Waals surface area (Å²) < 4.78 is 5.20. The topological polar surface area (TPSA) is 50.8 Å². The van der Waals surface area contributed by atoms with Crippen LogP contribution in [-0.4, -0.2) is 22.3 Å². The maximum absolute atomic E-state index is 5.20. The monoisotopic (exact) mass is 235 g/mol. The lowest BCUT2D eigenvalue weighted by Crippen LogP contribution is -1.91. The quantitative estimate of drug-likeness (QED) is 0.828. The van der Waals surface area contributed by atoms with E-state index in [0.717, 1.165) is 10.9 Å². The number of aromatic nitrogens is 3. The molecule has 0 spiro atoms. The minimum absolute atomic E-state index is 0.308. The smallest absolute Gasteiger partial charge is 0.183 e. The molecule has 0 aliphatic heterocycles. The average Bonchev–Trinajstić information content (AvgIpc) is 2.82. The lowest BCUT2D eigenvalue weighted by Gasteiger charge is -2.10. The summed E-state index contributed by atoms with van der Waals surface area (Å²) in [6.45, 7) is 2.13. The molecule has 16 heavy (non-hydrogen) atoms. The third kappa shape index (κ3) is 2.55. The summed E-state index contributed by atoms with van der Waals surface area (Å²) in [5.41, 5.74) is 1.21. The third-order valence-corrected chi connectivity index (χ3v) is 3.29. The number of nitrogens with zero attached hydrogens (tertiary/aromatic N) is 2. The molecule has 4 nitrogen and oxygen atoms in total. The first kappa shape index (κ1) is 11.0. The predicted molar refractivity (Wildman–Crippen MR) is 63.6 cm³/mol. The van der Waals surface area contributed by atoms with E-state index in [2.05, 4.69) is 28.2 Å². The highest BCUT2D eigenvalue weighted by molar-refractivity contribution is 7.99. The van der Waals surface area contributed by atoms with Crippen LogP contribution in [0.5, 0.6) is 5.75 Å². The highest BCUT2D eigenvalue weighted by Crippen LogP contribution is 2.33. The van der Waals surface area contributed by atoms with E-state index in [4.69, 9.17) is 4.74 Å². The van der Waals surface area contributed by atoms with Gasteiger partial charge < -0.3 is 4.74 Å². The highest BCUT2D eigenvalue weighted by Gasteiger charge is 2.09. The van der Waals surface area contributed by atoms with Crippen molar-refractivity contribution in [2.45, 2.75) is 17.3 Å². The second kappa shape index (κ2) is 5.03. The number of methoxy groups -OCH3 is 1. The van der Waals surface area contributed by atoms with E-state index in [1.165, 1.54) is 11.9 Å². The highest BCUT2D eigenvalue weighted by atomic mass is 32.2. The molecule has 1 N–H and O–H groups in total. The summed E-state index contributed by atoms with van der Waals surface area (Å²) in [6.07, 6.45) is 1.51. The van der Waals surface area contributed by atoms with Gasteiger partial charge in [0.05, 0.1) is 7.11 Å². The van der Waals surface area contributed by atoms with Crippen LogP contribution in [0.25, 0.3) is 0 Å². The van der Waals surface area contributed by atoms with Crippen molar-refractivity contribution in [2.75, 3.05) is 7.11 Å². The van der Waals surface area contributed by atoms with Crippen molar-refractivity contribution >= 4 is 11.8 Å². The van der Waals surface area contributed by atoms with Gasteiger partial charge in [-0.3, -0.25) is 5.10 Å². The molecule has 2 aromatic rings. The van der Waals surface area contributed by atoms with E-state index in [1.54, 1.807) is 18.9 Å². The molecular weight excluding hydrogens is 222 g/mol. The van der Waals surface area contributed by atoms with Gasteiger partial charge in [-0.2, -0.15) is 5.10 Å². The van der Waals surface area contributed by atoms with Gasteiger partial charge in [-0.05, 0) is 24.6 Å². The van der Waals surface area contributed by atoms with Gasteiger partial charge in [-0.1, -0.05) is 23.9 Å². The molecule has 0 aliphatic carbocycles. The van der Waals surface area contributed by atoms with Crippen molar-refractivity contribution < 1.29 is 4.74 Å². The van der Waals surface area contributed by atoms with Crippen molar-refractivity contribution in [2.24, 2.45) is 0 Å². The van der Waals surface area contributed by atoms with E-state index >= 15 is 0 Å². The molecule has 0 unspecified atom stereocenters. The lowest BCUT2D eigenvalue weighted by atomic mass is 10.1. The van der Waals surface area contributed by atoms with Crippen LogP contribution in [-0.2, 0) is 0 Å². The fourth-order valence-corrected chi connectivity index (χ4v) is 2.21. The normalized spacial score (nSPS) is 12.4. The summed E-state index contributed by atoms with van der Waals surface area (Å²) in [6, 6.07) is 8.05. The van der Waals surface area contributed by atoms with Gasteiger partial charge in [0.25, 0.3) is 0 Å². The Morgan fingerprint density at radius 2 is 2.31 bits per heavy atom. The van der Waals surface area contributed by atoms with Crippen molar-refractivity contribution in [3.05, 3.63) is 36.2 Å². The molecule has 5 heteroatoms. The molecule has 0 bridgehead atoms. The van der Waals surface area contributed by atoms with Crippen LogP contribution < -0.4 is 4.74 Å². The second-order valence-corrected chi connectivity index (χ2v) is 4.66. The number of benzene rings is 1. The van der Waals surface area contributed by atoms with Gasteiger partial charge in [-0.15, -0.1) is 0 Å². The molecule has 1 aromatic heterocycles. The van der Waals surface area contributed by atoms with Crippen LogP contribution in [0.3, 0.4) is 0 Å². The van der Waals surface area contributed by atoms with Crippen molar-refractivity contribution in [3.8, 4) is 5.75 Å². The maximum Gasteiger partial charge on any atom is 0.183 e. The Kier molecular flexibility index (Phi) is 3.46. The Bertz CT molecular complexity index is 444. The van der Waals surface area contributed by atoms with Gasteiger partial charge in [0.2, 0.25) is 0 Å². The largest absolute Gasteiger partial charge is 0.497 e. The molecular formula is C11H13N3OS. The van der Waals surface area contributed by atoms with E-state index in [-0.39, 0.29) is 0 Å².